The van der Waals surface area contributed by atoms with Crippen molar-refractivity contribution in [2.45, 2.75) is 63.7 Å². The molecule has 2 saturated carbocycles. The number of benzene rings is 1. The van der Waals surface area contributed by atoms with E-state index in [1.165, 1.54) is 31.2 Å². The molecule has 3 rings (SSSR count). The molecule has 126 valence electrons. The molecule has 1 aromatic carbocycles. The highest BCUT2D eigenvalue weighted by atomic mass is 16.5. The molecule has 2 aliphatic carbocycles. The topological polar surface area (TPSA) is 38.3 Å². The zero-order valence-corrected chi connectivity index (χ0v) is 14.5. The highest BCUT2D eigenvalue weighted by Crippen LogP contribution is 2.45. The van der Waals surface area contributed by atoms with E-state index in [2.05, 4.69) is 24.4 Å². The molecular weight excluding hydrogens is 286 g/mol. The van der Waals surface area contributed by atoms with Crippen molar-refractivity contribution in [3.8, 4) is 5.75 Å². The van der Waals surface area contributed by atoms with Crippen LogP contribution in [0, 0.1) is 5.41 Å². The van der Waals surface area contributed by atoms with Gasteiger partial charge in [0.25, 0.3) is 0 Å². The number of rotatable bonds is 5. The fourth-order valence-corrected chi connectivity index (χ4v) is 4.52. The van der Waals surface area contributed by atoms with E-state index in [9.17, 15) is 4.79 Å². The quantitative estimate of drug-likeness (QED) is 0.884. The third-order valence-electron chi connectivity index (χ3n) is 6.08. The predicted octanol–water partition coefficient (Wildman–Crippen LogP) is 4.20. The molecule has 2 fully saturated rings. The molecule has 0 aromatic heterocycles. The second kappa shape index (κ2) is 6.54. The summed E-state index contributed by atoms with van der Waals surface area (Å²) in [5.41, 5.74) is 1.15. The minimum atomic E-state index is -0.152. The average Bonchev–Trinajstić information content (AvgIpc) is 3.23. The van der Waals surface area contributed by atoms with Gasteiger partial charge in [0.15, 0.2) is 0 Å². The second-order valence-corrected chi connectivity index (χ2v) is 7.64. The van der Waals surface area contributed by atoms with Gasteiger partial charge in [-0.25, -0.2) is 0 Å². The van der Waals surface area contributed by atoms with Crippen molar-refractivity contribution < 1.29 is 9.53 Å². The summed E-state index contributed by atoms with van der Waals surface area (Å²) >= 11 is 0. The number of para-hydroxylation sites is 1. The molecular formula is C20H29NO2. The van der Waals surface area contributed by atoms with E-state index < -0.39 is 0 Å². The van der Waals surface area contributed by atoms with Crippen molar-refractivity contribution in [1.82, 2.24) is 5.32 Å². The summed E-state index contributed by atoms with van der Waals surface area (Å²) in [7, 11) is 1.74. The first-order valence-electron chi connectivity index (χ1n) is 9.02. The average molecular weight is 315 g/mol. The first kappa shape index (κ1) is 16.4. The standard InChI is InChI=1S/C20H29NO2/c1-19(11-5-6-12-19)18(22)21-15-20(13-7-8-14-20)16-9-3-4-10-17(16)23-2/h3-4,9-10H,5-8,11-15H2,1-2H3,(H,21,22). The maximum atomic E-state index is 12.7. The van der Waals surface area contributed by atoms with Gasteiger partial charge in [0.2, 0.25) is 5.91 Å². The maximum Gasteiger partial charge on any atom is 0.225 e. The lowest BCUT2D eigenvalue weighted by Crippen LogP contribution is -2.44. The number of ether oxygens (including phenoxy) is 1. The summed E-state index contributed by atoms with van der Waals surface area (Å²) in [6.07, 6.45) is 9.13. The Morgan fingerprint density at radius 2 is 1.70 bits per heavy atom. The molecule has 1 N–H and O–H groups in total. The third-order valence-corrected chi connectivity index (χ3v) is 6.08. The number of hydrogen-bond donors (Lipinski definition) is 1. The molecule has 1 amide bonds. The van der Waals surface area contributed by atoms with Gasteiger partial charge in [0, 0.05) is 22.9 Å². The highest BCUT2D eigenvalue weighted by Gasteiger charge is 2.41. The molecule has 1 aromatic rings. The summed E-state index contributed by atoms with van der Waals surface area (Å²) in [5, 5.41) is 3.30. The van der Waals surface area contributed by atoms with Crippen molar-refractivity contribution in [2.24, 2.45) is 5.41 Å². The van der Waals surface area contributed by atoms with E-state index in [-0.39, 0.29) is 16.7 Å². The Morgan fingerprint density at radius 1 is 1.09 bits per heavy atom. The molecule has 0 atom stereocenters. The summed E-state index contributed by atoms with van der Waals surface area (Å²) in [6, 6.07) is 8.31. The van der Waals surface area contributed by atoms with Gasteiger partial charge in [0.05, 0.1) is 7.11 Å². The van der Waals surface area contributed by atoms with Crippen molar-refractivity contribution >= 4 is 5.91 Å². The van der Waals surface area contributed by atoms with Gasteiger partial charge in [0.1, 0.15) is 5.75 Å². The van der Waals surface area contributed by atoms with Gasteiger partial charge in [-0.1, -0.05) is 50.8 Å². The number of amides is 1. The van der Waals surface area contributed by atoms with Gasteiger partial charge in [-0.15, -0.1) is 0 Å². The lowest BCUT2D eigenvalue weighted by atomic mass is 9.77. The third kappa shape index (κ3) is 3.11. The summed E-state index contributed by atoms with van der Waals surface area (Å²) in [5.74, 6) is 1.20. The van der Waals surface area contributed by atoms with Crippen molar-refractivity contribution in [3.05, 3.63) is 29.8 Å². The number of carbonyl (C=O) groups excluding carboxylic acids is 1. The largest absolute Gasteiger partial charge is 0.496 e. The molecule has 0 heterocycles. The van der Waals surface area contributed by atoms with E-state index >= 15 is 0 Å². The van der Waals surface area contributed by atoms with Gasteiger partial charge < -0.3 is 10.1 Å². The van der Waals surface area contributed by atoms with Crippen LogP contribution in [-0.4, -0.2) is 19.6 Å². The van der Waals surface area contributed by atoms with E-state index in [4.69, 9.17) is 4.74 Å². The predicted molar refractivity (Wildman–Crippen MR) is 92.7 cm³/mol. The lowest BCUT2D eigenvalue weighted by Gasteiger charge is -2.33. The fourth-order valence-electron chi connectivity index (χ4n) is 4.52. The van der Waals surface area contributed by atoms with E-state index in [0.717, 1.165) is 38.0 Å². The van der Waals surface area contributed by atoms with Crippen molar-refractivity contribution in [3.63, 3.8) is 0 Å². The first-order valence-corrected chi connectivity index (χ1v) is 9.02. The molecule has 0 unspecified atom stereocenters. The van der Waals surface area contributed by atoms with Crippen molar-refractivity contribution in [2.75, 3.05) is 13.7 Å². The Kier molecular flexibility index (Phi) is 4.65. The summed E-state index contributed by atoms with van der Waals surface area (Å²) in [6.45, 7) is 2.86. The second-order valence-electron chi connectivity index (χ2n) is 7.64. The number of nitrogens with one attached hydrogen (secondary N) is 1. The molecule has 0 bridgehead atoms. The summed E-state index contributed by atoms with van der Waals surface area (Å²) in [4.78, 5) is 12.7. The Labute approximate surface area is 139 Å². The molecule has 23 heavy (non-hydrogen) atoms. The smallest absolute Gasteiger partial charge is 0.225 e. The Bertz CT molecular complexity index is 555. The maximum absolute atomic E-state index is 12.7. The zero-order valence-electron chi connectivity index (χ0n) is 14.5. The van der Waals surface area contributed by atoms with Gasteiger partial charge >= 0.3 is 0 Å². The fraction of sp³-hybridized carbons (Fsp3) is 0.650. The zero-order chi connectivity index (χ0) is 16.3. The molecule has 0 saturated heterocycles. The van der Waals surface area contributed by atoms with Crippen LogP contribution in [0.25, 0.3) is 0 Å². The molecule has 0 radical (unpaired) electrons. The van der Waals surface area contributed by atoms with E-state index in [1.54, 1.807) is 7.11 Å². The van der Waals surface area contributed by atoms with Gasteiger partial charge in [-0.05, 0) is 31.7 Å². The first-order chi connectivity index (χ1) is 11.1. The molecule has 0 spiro atoms. The monoisotopic (exact) mass is 315 g/mol. The SMILES string of the molecule is COc1ccccc1C1(CNC(=O)C2(C)CCCC2)CCCC1. The van der Waals surface area contributed by atoms with Crippen LogP contribution in [-0.2, 0) is 10.2 Å². The van der Waals surface area contributed by atoms with Crippen LogP contribution in [0.3, 0.4) is 0 Å². The molecule has 2 aliphatic rings. The van der Waals surface area contributed by atoms with E-state index in [0.29, 0.717) is 0 Å². The molecule has 0 aliphatic heterocycles. The lowest BCUT2D eigenvalue weighted by molar-refractivity contribution is -0.130. The van der Waals surface area contributed by atoms with E-state index in [1.807, 2.05) is 12.1 Å². The molecule has 3 nitrogen and oxygen atoms in total. The number of carbonyl (C=O) groups is 1. The van der Waals surface area contributed by atoms with Crippen LogP contribution in [0.1, 0.15) is 63.9 Å². The normalized spacial score (nSPS) is 22.0. The number of methoxy groups -OCH3 is 1. The van der Waals surface area contributed by atoms with Crippen LogP contribution in [0.4, 0.5) is 0 Å². The molecule has 3 heteroatoms. The van der Waals surface area contributed by atoms with Gasteiger partial charge in [-0.3, -0.25) is 4.79 Å². The Morgan fingerprint density at radius 3 is 2.35 bits per heavy atom. The van der Waals surface area contributed by atoms with Crippen LogP contribution < -0.4 is 10.1 Å². The minimum Gasteiger partial charge on any atom is -0.496 e. The summed E-state index contributed by atoms with van der Waals surface area (Å²) < 4.78 is 5.60. The number of hydrogen-bond acceptors (Lipinski definition) is 2. The Balaban J connectivity index is 1.78. The van der Waals surface area contributed by atoms with Crippen LogP contribution in [0.15, 0.2) is 24.3 Å². The van der Waals surface area contributed by atoms with Crippen molar-refractivity contribution in [1.29, 1.82) is 0 Å². The van der Waals surface area contributed by atoms with Crippen LogP contribution >= 0.6 is 0 Å². The van der Waals surface area contributed by atoms with Crippen LogP contribution in [0.2, 0.25) is 0 Å². The highest BCUT2D eigenvalue weighted by molar-refractivity contribution is 5.82. The minimum absolute atomic E-state index is 0.0389. The van der Waals surface area contributed by atoms with Crippen LogP contribution in [0.5, 0.6) is 5.75 Å². The Hall–Kier alpha value is -1.51. The van der Waals surface area contributed by atoms with Gasteiger partial charge in [-0.2, -0.15) is 0 Å².